The Kier molecular flexibility index (Phi) is 2.22. The molecule has 5 heteroatoms. The first-order chi connectivity index (χ1) is 7.86. The van der Waals surface area contributed by atoms with E-state index in [0.29, 0.717) is 17.6 Å². The molecule has 1 aromatic heterocycles. The number of hydrogen-bond donors (Lipinski definition) is 1. The van der Waals surface area contributed by atoms with Crippen LogP contribution in [0.1, 0.15) is 25.0 Å². The molecule has 2 saturated heterocycles. The molecule has 3 heterocycles. The third kappa shape index (κ3) is 1.51. The van der Waals surface area contributed by atoms with Gasteiger partial charge in [-0.15, -0.1) is 0 Å². The summed E-state index contributed by atoms with van der Waals surface area (Å²) in [7, 11) is 0. The van der Waals surface area contributed by atoms with Crippen LogP contribution < -0.4 is 5.32 Å². The van der Waals surface area contributed by atoms with Crippen LogP contribution in [-0.4, -0.2) is 28.2 Å². The number of rotatable bonds is 2. The summed E-state index contributed by atoms with van der Waals surface area (Å²) in [4.78, 5) is 8.12. The predicted molar refractivity (Wildman–Crippen MR) is 56.7 cm³/mol. The maximum absolute atomic E-state index is 8.90. The van der Waals surface area contributed by atoms with Gasteiger partial charge in [-0.2, -0.15) is 5.26 Å². The summed E-state index contributed by atoms with van der Waals surface area (Å²) in [5.41, 5.74) is 0.352. The third-order valence-electron chi connectivity index (χ3n) is 3.23. The van der Waals surface area contributed by atoms with E-state index in [4.69, 9.17) is 10.00 Å². The summed E-state index contributed by atoms with van der Waals surface area (Å²) in [6.45, 7) is 0. The van der Waals surface area contributed by atoms with Gasteiger partial charge in [0, 0.05) is 12.4 Å². The molecule has 3 unspecified atom stereocenters. The predicted octanol–water partition coefficient (Wildman–Crippen LogP) is 1.08. The van der Waals surface area contributed by atoms with Gasteiger partial charge in [-0.05, 0) is 19.3 Å². The monoisotopic (exact) mass is 216 g/mol. The van der Waals surface area contributed by atoms with E-state index in [2.05, 4.69) is 15.3 Å². The van der Waals surface area contributed by atoms with Gasteiger partial charge in [0.25, 0.3) is 0 Å². The summed E-state index contributed by atoms with van der Waals surface area (Å²) in [6, 6.07) is 2.32. The summed E-state index contributed by atoms with van der Waals surface area (Å²) < 4.78 is 5.74. The van der Waals surface area contributed by atoms with E-state index in [9.17, 15) is 0 Å². The lowest BCUT2D eigenvalue weighted by atomic mass is 9.95. The summed E-state index contributed by atoms with van der Waals surface area (Å²) >= 11 is 0. The van der Waals surface area contributed by atoms with Crippen LogP contribution in [0.15, 0.2) is 12.4 Å². The van der Waals surface area contributed by atoms with Crippen LogP contribution in [0.3, 0.4) is 0 Å². The van der Waals surface area contributed by atoms with Crippen molar-refractivity contribution in [2.24, 2.45) is 0 Å². The topological polar surface area (TPSA) is 70.8 Å². The molecule has 2 fully saturated rings. The number of fused-ring (bicyclic) bond motifs is 2. The lowest BCUT2D eigenvalue weighted by Crippen LogP contribution is -2.31. The Morgan fingerprint density at radius 1 is 1.38 bits per heavy atom. The van der Waals surface area contributed by atoms with Gasteiger partial charge in [0.1, 0.15) is 6.07 Å². The molecule has 1 aromatic rings. The van der Waals surface area contributed by atoms with Crippen molar-refractivity contribution in [2.45, 2.75) is 37.5 Å². The van der Waals surface area contributed by atoms with Gasteiger partial charge >= 0.3 is 0 Å². The second-order valence-corrected chi connectivity index (χ2v) is 4.23. The first kappa shape index (κ1) is 9.55. The normalized spacial score (nSPS) is 31.3. The van der Waals surface area contributed by atoms with E-state index >= 15 is 0 Å². The smallest absolute Gasteiger partial charge is 0.182 e. The highest BCUT2D eigenvalue weighted by molar-refractivity contribution is 5.47. The van der Waals surface area contributed by atoms with E-state index in [1.807, 2.05) is 6.07 Å². The fraction of sp³-hybridized carbons (Fsp3) is 0.545. The van der Waals surface area contributed by atoms with Crippen LogP contribution in [0.2, 0.25) is 0 Å². The van der Waals surface area contributed by atoms with Gasteiger partial charge < -0.3 is 10.1 Å². The number of nitrogens with one attached hydrogen (secondary N) is 1. The van der Waals surface area contributed by atoms with Gasteiger partial charge in [-0.3, -0.25) is 0 Å². The molecule has 1 N–H and O–H groups in total. The average molecular weight is 216 g/mol. The minimum absolute atomic E-state index is 0.276. The van der Waals surface area contributed by atoms with Crippen molar-refractivity contribution in [3.05, 3.63) is 18.1 Å². The fourth-order valence-corrected chi connectivity index (χ4v) is 2.49. The minimum Gasteiger partial charge on any atom is -0.373 e. The van der Waals surface area contributed by atoms with Crippen molar-refractivity contribution in [3.8, 4) is 6.07 Å². The molecule has 3 rings (SSSR count). The Morgan fingerprint density at radius 2 is 2.25 bits per heavy atom. The third-order valence-corrected chi connectivity index (χ3v) is 3.23. The van der Waals surface area contributed by atoms with Crippen LogP contribution in [-0.2, 0) is 4.74 Å². The van der Waals surface area contributed by atoms with Crippen molar-refractivity contribution in [3.63, 3.8) is 0 Å². The Bertz CT molecular complexity index is 442. The van der Waals surface area contributed by atoms with Crippen molar-refractivity contribution in [2.75, 3.05) is 5.32 Å². The van der Waals surface area contributed by atoms with Crippen LogP contribution in [0.25, 0.3) is 0 Å². The highest BCUT2D eigenvalue weighted by Crippen LogP contribution is 2.35. The molecule has 0 aliphatic carbocycles. The Balaban J connectivity index is 1.77. The fourth-order valence-electron chi connectivity index (χ4n) is 2.49. The first-order valence-electron chi connectivity index (χ1n) is 5.50. The maximum atomic E-state index is 8.90. The van der Waals surface area contributed by atoms with E-state index in [0.717, 1.165) is 19.3 Å². The highest BCUT2D eigenvalue weighted by Gasteiger charge is 2.41. The average Bonchev–Trinajstić information content (AvgIpc) is 2.92. The molecule has 5 nitrogen and oxygen atoms in total. The van der Waals surface area contributed by atoms with E-state index in [1.165, 1.54) is 6.20 Å². The molecule has 2 bridgehead atoms. The number of ether oxygens (including phenoxy) is 1. The highest BCUT2D eigenvalue weighted by atomic mass is 16.5. The molecule has 0 spiro atoms. The van der Waals surface area contributed by atoms with E-state index in [1.54, 1.807) is 6.20 Å². The molecule has 82 valence electrons. The molecule has 0 amide bonds. The van der Waals surface area contributed by atoms with Crippen LogP contribution in [0.5, 0.6) is 0 Å². The lowest BCUT2D eigenvalue weighted by molar-refractivity contribution is 0.102. The van der Waals surface area contributed by atoms with Gasteiger partial charge in [0.15, 0.2) is 11.5 Å². The van der Waals surface area contributed by atoms with Gasteiger partial charge in [-0.25, -0.2) is 9.97 Å². The zero-order chi connectivity index (χ0) is 11.0. The van der Waals surface area contributed by atoms with E-state index in [-0.39, 0.29) is 12.1 Å². The summed E-state index contributed by atoms with van der Waals surface area (Å²) in [5.74, 6) is 0.575. The van der Waals surface area contributed by atoms with Crippen LogP contribution in [0, 0.1) is 11.3 Å². The molecular weight excluding hydrogens is 204 g/mol. The second kappa shape index (κ2) is 3.72. The number of nitrogens with zero attached hydrogens (tertiary/aromatic N) is 3. The van der Waals surface area contributed by atoms with Gasteiger partial charge in [0.05, 0.1) is 18.2 Å². The molecule has 2 aliphatic heterocycles. The zero-order valence-corrected chi connectivity index (χ0v) is 8.76. The van der Waals surface area contributed by atoms with E-state index < -0.39 is 0 Å². The largest absolute Gasteiger partial charge is 0.373 e. The number of anilines is 1. The number of hydrogen-bond acceptors (Lipinski definition) is 5. The molecule has 0 radical (unpaired) electrons. The maximum Gasteiger partial charge on any atom is 0.182 e. The summed E-state index contributed by atoms with van der Waals surface area (Å²) in [6.07, 6.45) is 7.06. The molecule has 0 aromatic carbocycles. The van der Waals surface area contributed by atoms with Crippen LogP contribution >= 0.6 is 0 Å². The molecular formula is C11H12N4O. The molecule has 16 heavy (non-hydrogen) atoms. The minimum atomic E-state index is 0.276. The SMILES string of the molecule is N#Cc1nccnc1NC1CC2CCC1O2. The Labute approximate surface area is 93.5 Å². The van der Waals surface area contributed by atoms with Gasteiger partial charge in [0.2, 0.25) is 0 Å². The van der Waals surface area contributed by atoms with Crippen molar-refractivity contribution in [1.29, 1.82) is 5.26 Å². The lowest BCUT2D eigenvalue weighted by Gasteiger charge is -2.20. The second-order valence-electron chi connectivity index (χ2n) is 4.23. The molecule has 3 atom stereocenters. The van der Waals surface area contributed by atoms with Crippen molar-refractivity contribution >= 4 is 5.82 Å². The van der Waals surface area contributed by atoms with Crippen LogP contribution in [0.4, 0.5) is 5.82 Å². The molecule has 2 aliphatic rings. The van der Waals surface area contributed by atoms with Gasteiger partial charge in [-0.1, -0.05) is 0 Å². The van der Waals surface area contributed by atoms with Crippen molar-refractivity contribution in [1.82, 2.24) is 9.97 Å². The molecule has 0 saturated carbocycles. The Morgan fingerprint density at radius 3 is 2.94 bits per heavy atom. The van der Waals surface area contributed by atoms with Crippen molar-refractivity contribution < 1.29 is 4.74 Å². The number of aromatic nitrogens is 2. The first-order valence-corrected chi connectivity index (χ1v) is 5.50. The number of nitriles is 1. The zero-order valence-electron chi connectivity index (χ0n) is 8.76. The standard InChI is InChI=1S/C11H12N4O/c12-6-9-11(14-4-3-13-9)15-8-5-7-1-2-10(8)16-7/h3-4,7-8,10H,1-2,5H2,(H,14,15). The summed E-state index contributed by atoms with van der Waals surface area (Å²) in [5, 5.41) is 12.2. The quantitative estimate of drug-likeness (QED) is 0.801. The Hall–Kier alpha value is -1.67.